The lowest BCUT2D eigenvalue weighted by atomic mass is 10.0. The fraction of sp³-hybridized carbons (Fsp3) is 0.842. The van der Waals surface area contributed by atoms with Gasteiger partial charge in [-0.3, -0.25) is 18.6 Å². The van der Waals surface area contributed by atoms with Crippen molar-refractivity contribution < 1.29 is 37.3 Å². The third-order valence-electron chi connectivity index (χ3n) is 16.7. The zero-order valence-corrected chi connectivity index (χ0v) is 58.7. The lowest BCUT2D eigenvalue weighted by Gasteiger charge is -2.27. The molecule has 0 spiro atoms. The van der Waals surface area contributed by atoms with Crippen LogP contribution in [0.3, 0.4) is 0 Å². The minimum Gasteiger partial charge on any atom is -0.456 e. The molecule has 0 aromatic heterocycles. The van der Waals surface area contributed by atoms with Crippen LogP contribution in [-0.2, 0) is 27.9 Å². The summed E-state index contributed by atoms with van der Waals surface area (Å²) < 4.78 is 30.9. The third-order valence-corrected chi connectivity index (χ3v) is 17.7. The number of unbranched alkanes of at least 4 members (excludes halogenated alkanes) is 44. The molecular formula is C76H144N2O7P+. The van der Waals surface area contributed by atoms with Crippen LogP contribution in [0.5, 0.6) is 0 Å². The maximum atomic E-state index is 13.6. The molecule has 10 heteroatoms. The molecule has 2 N–H and O–H groups in total. The molecule has 0 aromatic rings. The van der Waals surface area contributed by atoms with Gasteiger partial charge in [0.15, 0.2) is 0 Å². The first-order valence-corrected chi connectivity index (χ1v) is 38.6. The molecule has 1 amide bonds. The Kier molecular flexibility index (Phi) is 63.9. The molecule has 0 rings (SSSR count). The van der Waals surface area contributed by atoms with Gasteiger partial charge in [0.25, 0.3) is 0 Å². The van der Waals surface area contributed by atoms with Gasteiger partial charge >= 0.3 is 13.8 Å². The van der Waals surface area contributed by atoms with Crippen molar-refractivity contribution in [2.45, 2.75) is 373 Å². The number of esters is 1. The van der Waals surface area contributed by atoms with Gasteiger partial charge in [0.05, 0.1) is 33.8 Å². The van der Waals surface area contributed by atoms with E-state index < -0.39 is 20.0 Å². The van der Waals surface area contributed by atoms with Crippen molar-refractivity contribution in [2.75, 3.05) is 40.9 Å². The second kappa shape index (κ2) is 65.7. The van der Waals surface area contributed by atoms with E-state index in [4.69, 9.17) is 13.8 Å². The number of quaternary nitrogens is 1. The number of nitrogens with one attached hydrogen (secondary N) is 1. The molecule has 0 aliphatic carbocycles. The molecule has 0 bridgehead atoms. The van der Waals surface area contributed by atoms with Crippen molar-refractivity contribution in [3.05, 3.63) is 60.8 Å². The number of nitrogens with zero attached hydrogens (tertiary/aromatic N) is 1. The fourth-order valence-electron chi connectivity index (χ4n) is 11.0. The first-order valence-electron chi connectivity index (χ1n) is 37.1. The highest BCUT2D eigenvalue weighted by Crippen LogP contribution is 2.43. The smallest absolute Gasteiger partial charge is 0.456 e. The molecule has 0 aliphatic heterocycles. The summed E-state index contributed by atoms with van der Waals surface area (Å²) in [5.74, 6) is -0.492. The first kappa shape index (κ1) is 83.7. The maximum absolute atomic E-state index is 13.6. The van der Waals surface area contributed by atoms with Crippen molar-refractivity contribution in [1.29, 1.82) is 0 Å². The molecule has 9 nitrogen and oxygen atoms in total. The predicted molar refractivity (Wildman–Crippen MR) is 374 cm³/mol. The fourth-order valence-corrected chi connectivity index (χ4v) is 11.7. The summed E-state index contributed by atoms with van der Waals surface area (Å²) in [7, 11) is 1.51. The van der Waals surface area contributed by atoms with Crippen LogP contribution in [0.15, 0.2) is 60.8 Å². The normalized spacial score (nSPS) is 13.8. The molecule has 3 unspecified atom stereocenters. The van der Waals surface area contributed by atoms with E-state index >= 15 is 0 Å². The van der Waals surface area contributed by atoms with Gasteiger partial charge in [-0.1, -0.05) is 332 Å². The van der Waals surface area contributed by atoms with Crippen LogP contribution in [-0.4, -0.2) is 74.3 Å². The number of carbonyl (C=O) groups is 2. The van der Waals surface area contributed by atoms with Crippen molar-refractivity contribution >= 4 is 19.7 Å². The Bertz CT molecular complexity index is 1650. The molecule has 0 aromatic carbocycles. The first-order chi connectivity index (χ1) is 41.9. The van der Waals surface area contributed by atoms with Crippen LogP contribution >= 0.6 is 7.82 Å². The Balaban J connectivity index is 5.00. The van der Waals surface area contributed by atoms with Gasteiger partial charge in [-0.2, -0.15) is 0 Å². The lowest BCUT2D eigenvalue weighted by Crippen LogP contribution is -2.47. The van der Waals surface area contributed by atoms with Crippen LogP contribution < -0.4 is 5.32 Å². The maximum Gasteiger partial charge on any atom is 0.472 e. The Morgan fingerprint density at radius 3 is 1.08 bits per heavy atom. The highest BCUT2D eigenvalue weighted by Gasteiger charge is 2.30. The number of carbonyl (C=O) groups excluding carboxylic acids is 2. The van der Waals surface area contributed by atoms with Crippen molar-refractivity contribution in [2.24, 2.45) is 0 Å². The van der Waals surface area contributed by atoms with E-state index in [2.05, 4.69) is 74.7 Å². The molecule has 0 fully saturated rings. The molecule has 0 aliphatic rings. The van der Waals surface area contributed by atoms with Gasteiger partial charge in [0.1, 0.15) is 19.3 Å². The Morgan fingerprint density at radius 2 is 0.709 bits per heavy atom. The van der Waals surface area contributed by atoms with Crippen LogP contribution in [0.25, 0.3) is 0 Å². The molecule has 0 saturated carbocycles. The van der Waals surface area contributed by atoms with Gasteiger partial charge in [-0.05, 0) is 76.7 Å². The average molecular weight is 1230 g/mol. The highest BCUT2D eigenvalue weighted by atomic mass is 31.2. The quantitative estimate of drug-likeness (QED) is 0.0205. The van der Waals surface area contributed by atoms with Crippen molar-refractivity contribution in [3.8, 4) is 0 Å². The molecule has 0 heterocycles. The number of phosphoric acid groups is 1. The summed E-state index contributed by atoms with van der Waals surface area (Å²) in [6.45, 7) is 7.04. The monoisotopic (exact) mass is 1230 g/mol. The molecule has 504 valence electrons. The third kappa shape index (κ3) is 66.1. The Hall–Kier alpha value is -2.29. The molecule has 0 radical (unpaired) electrons. The van der Waals surface area contributed by atoms with Gasteiger partial charge in [-0.15, -0.1) is 0 Å². The van der Waals surface area contributed by atoms with Gasteiger partial charge in [0.2, 0.25) is 5.91 Å². The highest BCUT2D eigenvalue weighted by molar-refractivity contribution is 7.47. The number of allylic oxidation sites excluding steroid dienone is 9. The van der Waals surface area contributed by atoms with E-state index in [0.29, 0.717) is 17.4 Å². The van der Waals surface area contributed by atoms with E-state index in [1.54, 1.807) is 0 Å². The van der Waals surface area contributed by atoms with E-state index in [0.717, 1.165) is 77.0 Å². The average Bonchev–Trinajstić information content (AvgIpc) is 3.65. The number of phosphoric ester groups is 1. The lowest BCUT2D eigenvalue weighted by molar-refractivity contribution is -0.870. The van der Waals surface area contributed by atoms with E-state index in [-0.39, 0.29) is 31.5 Å². The zero-order valence-electron chi connectivity index (χ0n) is 57.8. The van der Waals surface area contributed by atoms with Crippen molar-refractivity contribution in [3.63, 3.8) is 0 Å². The summed E-state index contributed by atoms with van der Waals surface area (Å²) in [6, 6.07) is -0.849. The van der Waals surface area contributed by atoms with Crippen LogP contribution in [0.1, 0.15) is 361 Å². The standard InChI is InChI=1S/C76H143N2O7P/c1-7-10-13-16-19-22-25-28-30-32-34-36-37-38-39-40-41-43-45-47-49-51-54-57-60-63-66-69-76(80)85-74(67-64-61-58-55-52-27-24-21-18-15-12-9-3)73(72-84-86(81,82)83-71-70-78(4,5)6)77-75(79)68-65-62-59-56-53-50-48-46-44-42-35-33-31-29-26-23-20-17-14-11-8-2/h19,22,28,30,34,36,38-39,64,67,73-74H,7-18,20-21,23-27,29,31-33,35,37,40-63,65-66,68-72H2,1-6H3,(H-,77,79,81,82)/p+1/b22-19-,30-28-,36-34-,39-38-,67-64+. The topological polar surface area (TPSA) is 111 Å². The van der Waals surface area contributed by atoms with Crippen LogP contribution in [0, 0.1) is 0 Å². The number of hydrogen-bond donors (Lipinski definition) is 2. The second-order valence-electron chi connectivity index (χ2n) is 26.5. The number of amides is 1. The Labute approximate surface area is 534 Å². The minimum absolute atomic E-state index is 0.0409. The number of ether oxygens (including phenoxy) is 1. The minimum atomic E-state index is -4.45. The van der Waals surface area contributed by atoms with E-state index in [9.17, 15) is 19.0 Å². The summed E-state index contributed by atoms with van der Waals surface area (Å²) in [5, 5.41) is 3.08. The molecule has 86 heavy (non-hydrogen) atoms. The van der Waals surface area contributed by atoms with E-state index in [1.807, 2.05) is 33.3 Å². The van der Waals surface area contributed by atoms with Gasteiger partial charge < -0.3 is 19.4 Å². The van der Waals surface area contributed by atoms with Crippen LogP contribution in [0.4, 0.5) is 0 Å². The van der Waals surface area contributed by atoms with Gasteiger partial charge in [-0.25, -0.2) is 4.57 Å². The van der Waals surface area contributed by atoms with Gasteiger partial charge in [0, 0.05) is 12.8 Å². The molecular weight excluding hydrogens is 1080 g/mol. The zero-order chi connectivity index (χ0) is 62.8. The Morgan fingerprint density at radius 1 is 0.407 bits per heavy atom. The molecule has 3 atom stereocenters. The number of likely N-dealkylation sites (N-methyl/N-ethyl adjacent to an activating group) is 1. The summed E-state index contributed by atoms with van der Waals surface area (Å²) in [5.41, 5.74) is 0. The second-order valence-corrected chi connectivity index (χ2v) is 27.9. The summed E-state index contributed by atoms with van der Waals surface area (Å²) in [6.07, 6.45) is 85.2. The summed E-state index contributed by atoms with van der Waals surface area (Å²) >= 11 is 0. The molecule has 0 saturated heterocycles. The predicted octanol–water partition coefficient (Wildman–Crippen LogP) is 23.7. The summed E-state index contributed by atoms with van der Waals surface area (Å²) in [4.78, 5) is 37.9. The number of rotatable bonds is 68. The largest absolute Gasteiger partial charge is 0.472 e. The SMILES string of the molecule is CCCCC/C=C\C/C=C\C/C=C\C/C=C\CCCCCCCCCCCCCC(=O)OC(/C=C/CCCCCCCCCCCC)C(COP(=O)(O)OCC[N+](C)(C)C)NC(=O)CCCCCCCCCCCCCCCCCCCCCCC. The van der Waals surface area contributed by atoms with Crippen LogP contribution in [0.2, 0.25) is 0 Å². The van der Waals surface area contributed by atoms with Crippen molar-refractivity contribution in [1.82, 2.24) is 5.32 Å². The van der Waals surface area contributed by atoms with E-state index in [1.165, 1.54) is 250 Å². The number of hydrogen-bond acceptors (Lipinski definition) is 6.